The van der Waals surface area contributed by atoms with Crippen LogP contribution in [-0.2, 0) is 9.53 Å². The molecule has 0 bridgehead atoms. The maximum atomic E-state index is 11.5. The molecule has 0 atom stereocenters. The second-order valence-electron chi connectivity index (χ2n) is 6.65. The fourth-order valence-electron chi connectivity index (χ4n) is 2.92. The second kappa shape index (κ2) is 9.67. The number of fused-ring (bicyclic) bond motifs is 1. The fourth-order valence-corrected chi connectivity index (χ4v) is 2.92. The lowest BCUT2D eigenvalue weighted by Crippen LogP contribution is -2.09. The van der Waals surface area contributed by atoms with Gasteiger partial charge in [0.05, 0.1) is 12.8 Å². The SMILES string of the molecule is C=CC(=O)Nc1cccc(Oc2cnc3[nH]cc(-c4cnc(NCCOC)nc4)c3n2)c1. The van der Waals surface area contributed by atoms with Gasteiger partial charge in [0.15, 0.2) is 5.65 Å². The van der Waals surface area contributed by atoms with Crippen molar-refractivity contribution >= 4 is 28.7 Å². The monoisotopic (exact) mass is 431 g/mol. The van der Waals surface area contributed by atoms with Gasteiger partial charge >= 0.3 is 0 Å². The lowest BCUT2D eigenvalue weighted by atomic mass is 10.2. The number of anilines is 2. The summed E-state index contributed by atoms with van der Waals surface area (Å²) in [5.41, 5.74) is 3.41. The summed E-state index contributed by atoms with van der Waals surface area (Å²) in [4.78, 5) is 32.2. The zero-order valence-corrected chi connectivity index (χ0v) is 17.3. The van der Waals surface area contributed by atoms with Crippen LogP contribution in [0.5, 0.6) is 11.6 Å². The van der Waals surface area contributed by atoms with E-state index in [1.54, 1.807) is 50.0 Å². The zero-order valence-electron chi connectivity index (χ0n) is 17.3. The minimum Gasteiger partial charge on any atom is -0.437 e. The number of hydrogen-bond donors (Lipinski definition) is 3. The molecule has 0 spiro atoms. The number of nitrogens with one attached hydrogen (secondary N) is 3. The molecule has 0 aliphatic rings. The molecule has 4 rings (SSSR count). The molecule has 3 aromatic heterocycles. The Hall–Kier alpha value is -4.31. The second-order valence-corrected chi connectivity index (χ2v) is 6.65. The van der Waals surface area contributed by atoms with Crippen LogP contribution in [0.1, 0.15) is 0 Å². The highest BCUT2D eigenvalue weighted by Crippen LogP contribution is 2.29. The number of carbonyl (C=O) groups is 1. The molecule has 10 heteroatoms. The first-order valence-electron chi connectivity index (χ1n) is 9.77. The molecule has 0 unspecified atom stereocenters. The van der Waals surface area contributed by atoms with Crippen molar-refractivity contribution in [1.29, 1.82) is 0 Å². The van der Waals surface area contributed by atoms with E-state index in [4.69, 9.17) is 9.47 Å². The van der Waals surface area contributed by atoms with Crippen molar-refractivity contribution in [3.63, 3.8) is 0 Å². The molecular weight excluding hydrogens is 410 g/mol. The van der Waals surface area contributed by atoms with E-state index in [-0.39, 0.29) is 5.91 Å². The topological polar surface area (TPSA) is 127 Å². The smallest absolute Gasteiger partial charge is 0.247 e. The average molecular weight is 431 g/mol. The van der Waals surface area contributed by atoms with Gasteiger partial charge in [-0.2, -0.15) is 0 Å². The number of carbonyl (C=O) groups excluding carboxylic acids is 1. The molecule has 0 radical (unpaired) electrons. The molecule has 162 valence electrons. The van der Waals surface area contributed by atoms with E-state index in [1.165, 1.54) is 12.3 Å². The van der Waals surface area contributed by atoms with E-state index in [1.807, 2.05) is 0 Å². The van der Waals surface area contributed by atoms with Gasteiger partial charge in [0, 0.05) is 55.1 Å². The lowest BCUT2D eigenvalue weighted by Gasteiger charge is -2.08. The third kappa shape index (κ3) is 4.87. The van der Waals surface area contributed by atoms with Crippen molar-refractivity contribution in [3.8, 4) is 22.8 Å². The van der Waals surface area contributed by atoms with Crippen molar-refractivity contribution < 1.29 is 14.3 Å². The Morgan fingerprint density at radius 1 is 1.22 bits per heavy atom. The van der Waals surface area contributed by atoms with Crippen LogP contribution in [0, 0.1) is 0 Å². The van der Waals surface area contributed by atoms with Crippen LogP contribution in [0.4, 0.5) is 11.6 Å². The van der Waals surface area contributed by atoms with E-state index < -0.39 is 0 Å². The Morgan fingerprint density at radius 2 is 2.06 bits per heavy atom. The Kier molecular flexibility index (Phi) is 6.33. The number of aromatic amines is 1. The van der Waals surface area contributed by atoms with E-state index in [0.717, 1.165) is 11.1 Å². The van der Waals surface area contributed by atoms with Gasteiger partial charge < -0.3 is 25.1 Å². The number of rotatable bonds is 9. The first-order valence-corrected chi connectivity index (χ1v) is 9.77. The Bertz CT molecular complexity index is 1240. The van der Waals surface area contributed by atoms with Crippen LogP contribution in [-0.4, -0.2) is 51.1 Å². The minimum atomic E-state index is -0.303. The summed E-state index contributed by atoms with van der Waals surface area (Å²) in [6.07, 6.45) is 7.96. The molecule has 4 aromatic rings. The van der Waals surface area contributed by atoms with Crippen LogP contribution in [0.25, 0.3) is 22.3 Å². The number of nitrogens with zero attached hydrogens (tertiary/aromatic N) is 4. The van der Waals surface area contributed by atoms with E-state index in [2.05, 4.69) is 42.1 Å². The van der Waals surface area contributed by atoms with Crippen molar-refractivity contribution in [2.75, 3.05) is 30.9 Å². The number of methoxy groups -OCH3 is 1. The number of hydrogen-bond acceptors (Lipinski definition) is 8. The third-order valence-electron chi connectivity index (χ3n) is 4.42. The van der Waals surface area contributed by atoms with Gasteiger partial charge in [-0.3, -0.25) is 4.79 Å². The van der Waals surface area contributed by atoms with Gasteiger partial charge in [0.1, 0.15) is 11.3 Å². The van der Waals surface area contributed by atoms with Gasteiger partial charge in [-0.15, -0.1) is 0 Å². The standard InChI is InChI=1S/C22H21N7O3/c1-3-18(30)28-15-5-4-6-16(9-15)32-19-13-25-21-20(29-19)17(12-24-21)14-10-26-22(27-11-14)23-7-8-31-2/h3-6,9-13H,1,7-8H2,2H3,(H,24,25)(H,28,30)(H,23,26,27). The van der Waals surface area contributed by atoms with Gasteiger partial charge in [-0.25, -0.2) is 19.9 Å². The number of benzene rings is 1. The van der Waals surface area contributed by atoms with Gasteiger partial charge in [0.2, 0.25) is 17.7 Å². The van der Waals surface area contributed by atoms with Crippen molar-refractivity contribution in [3.05, 3.63) is 61.7 Å². The quantitative estimate of drug-likeness (QED) is 0.272. The predicted molar refractivity (Wildman–Crippen MR) is 121 cm³/mol. The highest BCUT2D eigenvalue weighted by atomic mass is 16.5. The molecule has 0 saturated carbocycles. The summed E-state index contributed by atoms with van der Waals surface area (Å²) in [5.74, 6) is 1.03. The summed E-state index contributed by atoms with van der Waals surface area (Å²) in [5, 5.41) is 5.77. The summed E-state index contributed by atoms with van der Waals surface area (Å²) in [6.45, 7) is 4.63. The first kappa shape index (κ1) is 20.9. The van der Waals surface area contributed by atoms with Crippen molar-refractivity contribution in [1.82, 2.24) is 24.9 Å². The summed E-state index contributed by atoms with van der Waals surface area (Å²) in [7, 11) is 1.64. The molecule has 10 nitrogen and oxygen atoms in total. The normalized spacial score (nSPS) is 10.7. The maximum absolute atomic E-state index is 11.5. The number of aromatic nitrogens is 5. The van der Waals surface area contributed by atoms with Crippen LogP contribution in [0.3, 0.4) is 0 Å². The fraction of sp³-hybridized carbons (Fsp3) is 0.136. The molecule has 1 aromatic carbocycles. The largest absolute Gasteiger partial charge is 0.437 e. The number of ether oxygens (including phenoxy) is 2. The molecular formula is C22H21N7O3. The third-order valence-corrected chi connectivity index (χ3v) is 4.42. The highest BCUT2D eigenvalue weighted by molar-refractivity contribution is 5.99. The molecule has 0 saturated heterocycles. The molecule has 3 heterocycles. The number of amides is 1. The van der Waals surface area contributed by atoms with Crippen LogP contribution < -0.4 is 15.4 Å². The Balaban J connectivity index is 1.55. The summed E-state index contributed by atoms with van der Waals surface area (Å²) < 4.78 is 10.9. The molecule has 0 aliphatic heterocycles. The summed E-state index contributed by atoms with van der Waals surface area (Å²) >= 11 is 0. The molecule has 1 amide bonds. The van der Waals surface area contributed by atoms with Gasteiger partial charge in [-0.05, 0) is 18.2 Å². The van der Waals surface area contributed by atoms with Crippen molar-refractivity contribution in [2.24, 2.45) is 0 Å². The first-order chi connectivity index (χ1) is 15.7. The summed E-state index contributed by atoms with van der Waals surface area (Å²) in [6, 6.07) is 6.97. The molecule has 0 aliphatic carbocycles. The Labute approximate surface area is 183 Å². The van der Waals surface area contributed by atoms with Crippen LogP contribution in [0.15, 0.2) is 61.7 Å². The number of H-pyrrole nitrogens is 1. The van der Waals surface area contributed by atoms with Gasteiger partial charge in [0.25, 0.3) is 0 Å². The average Bonchev–Trinajstić information content (AvgIpc) is 3.23. The van der Waals surface area contributed by atoms with Crippen molar-refractivity contribution in [2.45, 2.75) is 0 Å². The molecule has 3 N–H and O–H groups in total. The lowest BCUT2D eigenvalue weighted by molar-refractivity contribution is -0.111. The van der Waals surface area contributed by atoms with Crippen LogP contribution >= 0.6 is 0 Å². The zero-order chi connectivity index (χ0) is 22.3. The molecule has 0 fully saturated rings. The van der Waals surface area contributed by atoms with E-state index in [0.29, 0.717) is 47.6 Å². The molecule has 32 heavy (non-hydrogen) atoms. The van der Waals surface area contributed by atoms with E-state index in [9.17, 15) is 4.79 Å². The van der Waals surface area contributed by atoms with Crippen LogP contribution in [0.2, 0.25) is 0 Å². The maximum Gasteiger partial charge on any atom is 0.247 e. The highest BCUT2D eigenvalue weighted by Gasteiger charge is 2.12. The predicted octanol–water partition coefficient (Wildman–Crippen LogP) is 3.39. The van der Waals surface area contributed by atoms with E-state index >= 15 is 0 Å². The van der Waals surface area contributed by atoms with Gasteiger partial charge in [-0.1, -0.05) is 12.6 Å². The Morgan fingerprint density at radius 3 is 2.84 bits per heavy atom. The minimum absolute atomic E-state index is 0.303.